The van der Waals surface area contributed by atoms with E-state index >= 15 is 0 Å². The first-order valence-corrected chi connectivity index (χ1v) is 12.3. The van der Waals surface area contributed by atoms with Crippen LogP contribution in [0, 0.1) is 5.92 Å². The highest BCUT2D eigenvalue weighted by Crippen LogP contribution is 2.41. The van der Waals surface area contributed by atoms with Gasteiger partial charge in [0.05, 0.1) is 6.04 Å². The fraction of sp³-hybridized carbons (Fsp3) is 0.391. The molecule has 0 heterocycles. The molecule has 2 aromatic rings. The van der Waals surface area contributed by atoms with Crippen LogP contribution in [-0.4, -0.2) is 51.6 Å². The molecule has 0 fully saturated rings. The number of phenols is 1. The van der Waals surface area contributed by atoms with Crippen molar-refractivity contribution in [3.8, 4) is 5.75 Å². The van der Waals surface area contributed by atoms with Gasteiger partial charge in [-0.3, -0.25) is 14.2 Å². The molecule has 3 atom stereocenters. The minimum absolute atomic E-state index is 0.0189. The summed E-state index contributed by atoms with van der Waals surface area (Å²) in [7, 11) is -3.07. The lowest BCUT2D eigenvalue weighted by atomic mass is 10.0. The largest absolute Gasteiger partial charge is 0.508 e. The second-order valence-corrected chi connectivity index (χ2v) is 10.0. The zero-order valence-corrected chi connectivity index (χ0v) is 19.8. The molecule has 9 nitrogen and oxygen atoms in total. The molecule has 2 amide bonds. The molecule has 6 N–H and O–H groups in total. The summed E-state index contributed by atoms with van der Waals surface area (Å²) in [5.74, 6) is -2.58. The molecular formula is C23H32N3O6P. The molecule has 10 heteroatoms. The van der Waals surface area contributed by atoms with Gasteiger partial charge in [0.1, 0.15) is 17.6 Å². The van der Waals surface area contributed by atoms with E-state index in [-0.39, 0.29) is 30.4 Å². The summed E-state index contributed by atoms with van der Waals surface area (Å²) in [5, 5.41) is 17.5. The molecule has 0 bridgehead atoms. The second kappa shape index (κ2) is 12.0. The van der Waals surface area contributed by atoms with Crippen molar-refractivity contribution in [2.24, 2.45) is 5.92 Å². The van der Waals surface area contributed by atoms with E-state index in [0.717, 1.165) is 5.56 Å². The predicted octanol–water partition coefficient (Wildman–Crippen LogP) is 1.53. The van der Waals surface area contributed by atoms with Crippen LogP contribution in [0.5, 0.6) is 5.75 Å². The molecule has 0 aliphatic heterocycles. The first kappa shape index (κ1) is 26.5. The fourth-order valence-corrected chi connectivity index (χ4v) is 4.21. The number of nitrogens with one attached hydrogen (secondary N) is 3. The highest BCUT2D eigenvalue weighted by molar-refractivity contribution is 7.52. The third kappa shape index (κ3) is 8.29. The lowest BCUT2D eigenvalue weighted by Gasteiger charge is -2.26. The van der Waals surface area contributed by atoms with E-state index < -0.39 is 31.4 Å². The Labute approximate surface area is 193 Å². The zero-order valence-electron chi connectivity index (χ0n) is 18.9. The van der Waals surface area contributed by atoms with Crippen molar-refractivity contribution in [1.82, 2.24) is 16.0 Å². The molecule has 2 rings (SSSR count). The molecule has 0 radical (unpaired) electrons. The first-order valence-electron chi connectivity index (χ1n) is 10.7. The Bertz CT molecular complexity index is 962. The predicted molar refractivity (Wildman–Crippen MR) is 126 cm³/mol. The monoisotopic (exact) mass is 477 g/mol. The Morgan fingerprint density at radius 3 is 1.97 bits per heavy atom. The summed E-state index contributed by atoms with van der Waals surface area (Å²) >= 11 is 0. The van der Waals surface area contributed by atoms with E-state index in [1.165, 1.54) is 24.3 Å². The van der Waals surface area contributed by atoms with Crippen molar-refractivity contribution < 1.29 is 29.0 Å². The van der Waals surface area contributed by atoms with Crippen molar-refractivity contribution in [2.75, 3.05) is 7.05 Å². The zero-order chi connectivity index (χ0) is 24.6. The number of carbonyl (C=O) groups excluding carboxylic acids is 2. The highest BCUT2D eigenvalue weighted by atomic mass is 31.2. The standard InChI is InChI=1S/C23H32N3O6P/c1-15(2)21(24-3)23(29)25-19(13-16-7-5-4-6-8-16)22(28)26-20(33(30,31)32)14-17-9-11-18(27)12-10-17/h4-12,15,19-21,24,27H,13-14H2,1-3H3,(H,25,29)(H,26,28)(H2,30,31,32). The topological polar surface area (TPSA) is 148 Å². The SMILES string of the molecule is CNC(C(=O)NC(Cc1ccccc1)C(=O)NC(Cc1ccc(O)cc1)P(=O)(O)O)C(C)C. The van der Waals surface area contributed by atoms with E-state index in [4.69, 9.17) is 0 Å². The molecule has 0 saturated heterocycles. The average Bonchev–Trinajstić information content (AvgIpc) is 2.74. The van der Waals surface area contributed by atoms with Gasteiger partial charge < -0.3 is 30.8 Å². The summed E-state index contributed by atoms with van der Waals surface area (Å²) in [4.78, 5) is 45.6. The third-order valence-electron chi connectivity index (χ3n) is 5.26. The van der Waals surface area contributed by atoms with Crippen LogP contribution in [-0.2, 0) is 27.0 Å². The number of benzene rings is 2. The molecule has 0 aromatic heterocycles. The van der Waals surface area contributed by atoms with E-state index in [0.29, 0.717) is 5.56 Å². The van der Waals surface area contributed by atoms with Gasteiger partial charge in [-0.2, -0.15) is 0 Å². The van der Waals surface area contributed by atoms with Crippen LogP contribution in [0.25, 0.3) is 0 Å². The van der Waals surface area contributed by atoms with E-state index in [1.807, 2.05) is 19.9 Å². The molecule has 3 unspecified atom stereocenters. The number of carbonyl (C=O) groups is 2. The summed E-state index contributed by atoms with van der Waals surface area (Å²) < 4.78 is 12.1. The van der Waals surface area contributed by atoms with Crippen LogP contribution in [0.3, 0.4) is 0 Å². The second-order valence-electron chi connectivity index (χ2n) is 8.25. The summed E-state index contributed by atoms with van der Waals surface area (Å²) in [6.45, 7) is 3.74. The van der Waals surface area contributed by atoms with Crippen molar-refractivity contribution in [3.05, 3.63) is 65.7 Å². The Kier molecular flexibility index (Phi) is 9.61. The van der Waals surface area contributed by atoms with E-state index in [1.54, 1.807) is 31.3 Å². The number of phenolic OH excluding ortho intramolecular Hbond substituents is 1. The maximum absolute atomic E-state index is 13.1. The van der Waals surface area contributed by atoms with Crippen molar-refractivity contribution in [2.45, 2.75) is 44.6 Å². The fourth-order valence-electron chi connectivity index (χ4n) is 3.46. The Balaban J connectivity index is 2.25. The van der Waals surface area contributed by atoms with Crippen LogP contribution in [0.15, 0.2) is 54.6 Å². The number of aromatic hydroxyl groups is 1. The Morgan fingerprint density at radius 1 is 0.879 bits per heavy atom. The molecule has 0 aliphatic carbocycles. The van der Waals surface area contributed by atoms with Crippen molar-refractivity contribution >= 4 is 19.4 Å². The maximum atomic E-state index is 13.1. The molecule has 0 saturated carbocycles. The van der Waals surface area contributed by atoms with Crippen LogP contribution in [0.4, 0.5) is 0 Å². The van der Waals surface area contributed by atoms with Gasteiger partial charge in [0, 0.05) is 12.8 Å². The Morgan fingerprint density at radius 2 is 1.45 bits per heavy atom. The lowest BCUT2D eigenvalue weighted by Crippen LogP contribution is -2.55. The molecular weight excluding hydrogens is 445 g/mol. The van der Waals surface area contributed by atoms with Gasteiger partial charge in [0.15, 0.2) is 0 Å². The smallest absolute Gasteiger partial charge is 0.347 e. The third-order valence-corrected chi connectivity index (χ3v) is 6.38. The molecule has 2 aromatic carbocycles. The molecule has 0 spiro atoms. The lowest BCUT2D eigenvalue weighted by molar-refractivity contribution is -0.130. The summed E-state index contributed by atoms with van der Waals surface area (Å²) in [6, 6.07) is 13.3. The van der Waals surface area contributed by atoms with Gasteiger partial charge in [-0.1, -0.05) is 56.3 Å². The first-order chi connectivity index (χ1) is 15.5. The number of hydrogen-bond donors (Lipinski definition) is 6. The average molecular weight is 477 g/mol. The quantitative estimate of drug-likeness (QED) is 0.269. The minimum Gasteiger partial charge on any atom is -0.508 e. The summed E-state index contributed by atoms with van der Waals surface area (Å²) in [6.07, 6.45) is 0.00741. The molecule has 180 valence electrons. The van der Waals surface area contributed by atoms with Crippen LogP contribution < -0.4 is 16.0 Å². The highest BCUT2D eigenvalue weighted by Gasteiger charge is 2.34. The summed E-state index contributed by atoms with van der Waals surface area (Å²) in [5.41, 5.74) is 1.31. The van der Waals surface area contributed by atoms with Gasteiger partial charge in [0.25, 0.3) is 0 Å². The number of hydrogen-bond acceptors (Lipinski definition) is 5. The molecule has 33 heavy (non-hydrogen) atoms. The van der Waals surface area contributed by atoms with E-state index in [2.05, 4.69) is 16.0 Å². The van der Waals surface area contributed by atoms with Crippen LogP contribution >= 0.6 is 7.60 Å². The van der Waals surface area contributed by atoms with E-state index in [9.17, 15) is 29.0 Å². The minimum atomic E-state index is -4.72. The van der Waals surface area contributed by atoms with Gasteiger partial charge in [-0.15, -0.1) is 0 Å². The maximum Gasteiger partial charge on any atom is 0.347 e. The Hall–Kier alpha value is -2.71. The van der Waals surface area contributed by atoms with Crippen molar-refractivity contribution in [1.29, 1.82) is 0 Å². The normalized spacial score (nSPS) is 14.4. The number of rotatable bonds is 11. The van der Waals surface area contributed by atoms with Gasteiger partial charge in [-0.05, 0) is 36.2 Å². The molecule has 0 aliphatic rings. The van der Waals surface area contributed by atoms with Gasteiger partial charge in [0.2, 0.25) is 11.8 Å². The van der Waals surface area contributed by atoms with Crippen LogP contribution in [0.1, 0.15) is 25.0 Å². The van der Waals surface area contributed by atoms with Crippen LogP contribution in [0.2, 0.25) is 0 Å². The van der Waals surface area contributed by atoms with Crippen molar-refractivity contribution in [3.63, 3.8) is 0 Å². The number of amides is 2. The number of likely N-dealkylation sites (N-methyl/N-ethyl adjacent to an activating group) is 1. The van der Waals surface area contributed by atoms with Gasteiger partial charge >= 0.3 is 7.60 Å². The van der Waals surface area contributed by atoms with Gasteiger partial charge in [-0.25, -0.2) is 0 Å².